The zero-order valence-corrected chi connectivity index (χ0v) is 12.5. The lowest BCUT2D eigenvalue weighted by atomic mass is 10.1. The number of rotatable bonds is 7. The molecule has 0 radical (unpaired) electrons. The molecule has 0 spiro atoms. The molecule has 2 rings (SSSR count). The van der Waals surface area contributed by atoms with Crippen LogP contribution in [-0.2, 0) is 11.2 Å². The van der Waals surface area contributed by atoms with Crippen molar-refractivity contribution in [3.8, 4) is 0 Å². The largest absolute Gasteiger partial charge is 0.376 e. The lowest BCUT2D eigenvalue weighted by molar-refractivity contribution is 0.0289. The SMILES string of the molecule is CCCNC1c2ccccc2CC1OCCC(C)C. The summed E-state index contributed by atoms with van der Waals surface area (Å²) in [6.45, 7) is 8.64. The molecule has 1 aliphatic rings. The second kappa shape index (κ2) is 7.06. The molecule has 0 fully saturated rings. The highest BCUT2D eigenvalue weighted by molar-refractivity contribution is 5.36. The fourth-order valence-corrected chi connectivity index (χ4v) is 2.71. The molecule has 2 atom stereocenters. The molecule has 1 aromatic rings. The van der Waals surface area contributed by atoms with Gasteiger partial charge in [-0.25, -0.2) is 0 Å². The summed E-state index contributed by atoms with van der Waals surface area (Å²) in [4.78, 5) is 0. The Morgan fingerprint density at radius 2 is 2.11 bits per heavy atom. The molecule has 106 valence electrons. The van der Waals surface area contributed by atoms with Gasteiger partial charge >= 0.3 is 0 Å². The highest BCUT2D eigenvalue weighted by Crippen LogP contribution is 2.33. The molecule has 0 saturated carbocycles. The normalized spacial score (nSPS) is 21.9. The zero-order chi connectivity index (χ0) is 13.7. The van der Waals surface area contributed by atoms with Crippen molar-refractivity contribution < 1.29 is 4.74 Å². The molecule has 1 aromatic carbocycles. The van der Waals surface area contributed by atoms with E-state index in [0.717, 1.165) is 32.4 Å². The van der Waals surface area contributed by atoms with E-state index in [0.29, 0.717) is 18.1 Å². The van der Waals surface area contributed by atoms with Crippen molar-refractivity contribution in [2.24, 2.45) is 5.92 Å². The molecule has 1 N–H and O–H groups in total. The predicted octanol–water partition coefficient (Wildman–Crippen LogP) is 3.71. The first kappa shape index (κ1) is 14.5. The van der Waals surface area contributed by atoms with Crippen LogP contribution in [0.2, 0.25) is 0 Å². The molecule has 0 heterocycles. The molecule has 0 amide bonds. The second-order valence-corrected chi connectivity index (χ2v) is 5.93. The molecular formula is C17H27NO. The molecule has 1 aliphatic carbocycles. The summed E-state index contributed by atoms with van der Waals surface area (Å²) in [7, 11) is 0. The first-order valence-corrected chi connectivity index (χ1v) is 7.65. The van der Waals surface area contributed by atoms with Crippen LogP contribution in [0.15, 0.2) is 24.3 Å². The van der Waals surface area contributed by atoms with Crippen LogP contribution in [0.4, 0.5) is 0 Å². The number of hydrogen-bond donors (Lipinski definition) is 1. The standard InChI is InChI=1S/C17H27NO/c1-4-10-18-17-15-8-6-5-7-14(15)12-16(17)19-11-9-13(2)3/h5-8,13,16-18H,4,9-12H2,1-3H3. The van der Waals surface area contributed by atoms with Crippen LogP contribution in [0.1, 0.15) is 50.8 Å². The van der Waals surface area contributed by atoms with Gasteiger partial charge in [0.2, 0.25) is 0 Å². The first-order chi connectivity index (χ1) is 9.22. The quantitative estimate of drug-likeness (QED) is 0.808. The maximum Gasteiger partial charge on any atom is 0.0810 e. The Morgan fingerprint density at radius 3 is 2.84 bits per heavy atom. The van der Waals surface area contributed by atoms with Crippen molar-refractivity contribution in [3.05, 3.63) is 35.4 Å². The van der Waals surface area contributed by atoms with E-state index in [1.54, 1.807) is 0 Å². The highest BCUT2D eigenvalue weighted by Gasteiger charge is 2.32. The van der Waals surface area contributed by atoms with Crippen LogP contribution in [0.25, 0.3) is 0 Å². The van der Waals surface area contributed by atoms with E-state index in [-0.39, 0.29) is 0 Å². The van der Waals surface area contributed by atoms with Crippen molar-refractivity contribution in [3.63, 3.8) is 0 Å². The molecule has 0 bridgehead atoms. The third-order valence-corrected chi connectivity index (χ3v) is 3.82. The van der Waals surface area contributed by atoms with Crippen LogP contribution < -0.4 is 5.32 Å². The fourth-order valence-electron chi connectivity index (χ4n) is 2.71. The van der Waals surface area contributed by atoms with E-state index in [4.69, 9.17) is 4.74 Å². The molecule has 2 unspecified atom stereocenters. The lowest BCUT2D eigenvalue weighted by Gasteiger charge is -2.22. The van der Waals surface area contributed by atoms with Gasteiger partial charge in [-0.15, -0.1) is 0 Å². The summed E-state index contributed by atoms with van der Waals surface area (Å²) in [5.41, 5.74) is 2.89. The van der Waals surface area contributed by atoms with Crippen molar-refractivity contribution in [1.29, 1.82) is 0 Å². The average Bonchev–Trinajstić information content (AvgIpc) is 2.74. The van der Waals surface area contributed by atoms with E-state index in [2.05, 4.69) is 50.4 Å². The van der Waals surface area contributed by atoms with E-state index in [9.17, 15) is 0 Å². The number of ether oxygens (including phenoxy) is 1. The van der Waals surface area contributed by atoms with Gasteiger partial charge < -0.3 is 10.1 Å². The number of fused-ring (bicyclic) bond motifs is 1. The van der Waals surface area contributed by atoms with Crippen molar-refractivity contribution in [2.75, 3.05) is 13.2 Å². The summed E-state index contributed by atoms with van der Waals surface area (Å²) >= 11 is 0. The smallest absolute Gasteiger partial charge is 0.0810 e. The van der Waals surface area contributed by atoms with Gasteiger partial charge in [0.05, 0.1) is 12.1 Å². The van der Waals surface area contributed by atoms with Crippen LogP contribution >= 0.6 is 0 Å². The maximum absolute atomic E-state index is 6.14. The fraction of sp³-hybridized carbons (Fsp3) is 0.647. The third kappa shape index (κ3) is 3.80. The summed E-state index contributed by atoms with van der Waals surface area (Å²) in [6.07, 6.45) is 3.67. The Morgan fingerprint density at radius 1 is 1.32 bits per heavy atom. The van der Waals surface area contributed by atoms with Gasteiger partial charge in [-0.3, -0.25) is 0 Å². The molecule has 2 nitrogen and oxygen atoms in total. The van der Waals surface area contributed by atoms with Gasteiger partial charge in [-0.2, -0.15) is 0 Å². The highest BCUT2D eigenvalue weighted by atomic mass is 16.5. The number of hydrogen-bond acceptors (Lipinski definition) is 2. The Kier molecular flexibility index (Phi) is 5.41. The molecule has 2 heteroatoms. The third-order valence-electron chi connectivity index (χ3n) is 3.82. The van der Waals surface area contributed by atoms with Crippen LogP contribution in [0, 0.1) is 5.92 Å². The Bertz CT molecular complexity index is 389. The number of nitrogens with one attached hydrogen (secondary N) is 1. The van der Waals surface area contributed by atoms with Crippen LogP contribution in [0.3, 0.4) is 0 Å². The Labute approximate surface area is 117 Å². The van der Waals surface area contributed by atoms with Crippen molar-refractivity contribution in [2.45, 2.75) is 52.2 Å². The predicted molar refractivity (Wildman–Crippen MR) is 80.4 cm³/mol. The van der Waals surface area contributed by atoms with Crippen molar-refractivity contribution >= 4 is 0 Å². The summed E-state index contributed by atoms with van der Waals surface area (Å²) in [5, 5.41) is 3.65. The van der Waals surface area contributed by atoms with E-state index in [1.165, 1.54) is 11.1 Å². The summed E-state index contributed by atoms with van der Waals surface area (Å²) < 4.78 is 6.14. The summed E-state index contributed by atoms with van der Waals surface area (Å²) in [5.74, 6) is 0.714. The van der Waals surface area contributed by atoms with Crippen molar-refractivity contribution in [1.82, 2.24) is 5.32 Å². The van der Waals surface area contributed by atoms with E-state index >= 15 is 0 Å². The van der Waals surface area contributed by atoms with Gasteiger partial charge in [0, 0.05) is 13.0 Å². The minimum atomic E-state index is 0.308. The first-order valence-electron chi connectivity index (χ1n) is 7.65. The van der Waals surface area contributed by atoms with Gasteiger partial charge in [-0.05, 0) is 36.4 Å². The maximum atomic E-state index is 6.14. The van der Waals surface area contributed by atoms with Gasteiger partial charge in [0.15, 0.2) is 0 Å². The second-order valence-electron chi connectivity index (χ2n) is 5.93. The van der Waals surface area contributed by atoms with Gasteiger partial charge in [-0.1, -0.05) is 45.0 Å². The minimum absolute atomic E-state index is 0.308. The Hall–Kier alpha value is -0.860. The number of benzene rings is 1. The Balaban J connectivity index is 1.99. The molecule has 19 heavy (non-hydrogen) atoms. The molecular weight excluding hydrogens is 234 g/mol. The molecule has 0 saturated heterocycles. The van der Waals surface area contributed by atoms with E-state index < -0.39 is 0 Å². The topological polar surface area (TPSA) is 21.3 Å². The van der Waals surface area contributed by atoms with Gasteiger partial charge in [0.25, 0.3) is 0 Å². The van der Waals surface area contributed by atoms with Crippen LogP contribution in [0.5, 0.6) is 0 Å². The summed E-state index contributed by atoms with van der Waals surface area (Å²) in [6, 6.07) is 9.13. The minimum Gasteiger partial charge on any atom is -0.376 e. The molecule has 0 aliphatic heterocycles. The van der Waals surface area contributed by atoms with Crippen LogP contribution in [-0.4, -0.2) is 19.3 Å². The van der Waals surface area contributed by atoms with Gasteiger partial charge in [0.1, 0.15) is 0 Å². The monoisotopic (exact) mass is 261 g/mol. The molecule has 0 aromatic heterocycles. The average molecular weight is 261 g/mol. The van der Waals surface area contributed by atoms with E-state index in [1.807, 2.05) is 0 Å². The lowest BCUT2D eigenvalue weighted by Crippen LogP contribution is -2.31. The zero-order valence-electron chi connectivity index (χ0n) is 12.5.